The highest BCUT2D eigenvalue weighted by Crippen LogP contribution is 2.28. The van der Waals surface area contributed by atoms with E-state index in [1.807, 2.05) is 54.6 Å². The molecule has 0 fully saturated rings. The van der Waals surface area contributed by atoms with E-state index in [1.54, 1.807) is 6.20 Å². The van der Waals surface area contributed by atoms with Crippen molar-refractivity contribution in [1.29, 1.82) is 0 Å². The first kappa shape index (κ1) is 21.7. The Labute approximate surface area is 171 Å². The fourth-order valence-electron chi connectivity index (χ4n) is 2.90. The predicted octanol–water partition coefficient (Wildman–Crippen LogP) is 4.69. The number of hydrogen-bond donors (Lipinski definition) is 2. The lowest BCUT2D eigenvalue weighted by Crippen LogP contribution is -2.12. The summed E-state index contributed by atoms with van der Waals surface area (Å²) in [4.78, 5) is 16.7. The fraction of sp³-hybridized carbons (Fsp3) is 0.273. The third kappa shape index (κ3) is 6.22. The Morgan fingerprint density at radius 1 is 1.04 bits per heavy atom. The smallest absolute Gasteiger partial charge is 0.224 e. The third-order valence-corrected chi connectivity index (χ3v) is 4.31. The number of amides is 1. The maximum Gasteiger partial charge on any atom is 0.224 e. The molecule has 1 heterocycles. The van der Waals surface area contributed by atoms with Crippen molar-refractivity contribution in [2.75, 3.05) is 11.9 Å². The van der Waals surface area contributed by atoms with E-state index in [2.05, 4.69) is 10.3 Å². The van der Waals surface area contributed by atoms with Crippen molar-refractivity contribution in [3.05, 3.63) is 66.4 Å². The van der Waals surface area contributed by atoms with Gasteiger partial charge in [-0.25, -0.2) is 0 Å². The van der Waals surface area contributed by atoms with Gasteiger partial charge < -0.3 is 15.8 Å². The number of carbonyl (C=O) groups excluding carboxylic acids is 1. The van der Waals surface area contributed by atoms with Crippen LogP contribution in [0.5, 0.6) is 5.75 Å². The van der Waals surface area contributed by atoms with Crippen LogP contribution in [-0.4, -0.2) is 17.4 Å². The molecule has 6 heteroatoms. The quantitative estimate of drug-likeness (QED) is 0.511. The molecule has 28 heavy (non-hydrogen) atoms. The Kier molecular flexibility index (Phi) is 8.72. The van der Waals surface area contributed by atoms with Crippen LogP contribution in [0.15, 0.2) is 60.8 Å². The minimum atomic E-state index is -0.0146. The molecule has 3 aromatic rings. The number of rotatable bonds is 9. The van der Waals surface area contributed by atoms with Gasteiger partial charge in [-0.1, -0.05) is 42.8 Å². The number of benzene rings is 2. The topological polar surface area (TPSA) is 77.2 Å². The maximum absolute atomic E-state index is 12.3. The molecule has 5 nitrogen and oxygen atoms in total. The van der Waals surface area contributed by atoms with Gasteiger partial charge in [0.15, 0.2) is 0 Å². The van der Waals surface area contributed by atoms with Crippen LogP contribution in [0.2, 0.25) is 0 Å². The van der Waals surface area contributed by atoms with Gasteiger partial charge in [0.05, 0.1) is 11.2 Å². The van der Waals surface area contributed by atoms with Crippen LogP contribution in [0.4, 0.5) is 5.69 Å². The molecule has 0 saturated heterocycles. The number of anilines is 1. The lowest BCUT2D eigenvalue weighted by molar-refractivity contribution is -0.116. The van der Waals surface area contributed by atoms with Crippen LogP contribution in [0.3, 0.4) is 0 Å². The number of pyridine rings is 1. The predicted molar refractivity (Wildman–Crippen MR) is 116 cm³/mol. The minimum absolute atomic E-state index is 0. The normalized spacial score (nSPS) is 10.3. The highest BCUT2D eigenvalue weighted by Gasteiger charge is 2.10. The number of nitrogens with zero attached hydrogens (tertiary/aromatic N) is 1. The number of fused-ring (bicyclic) bond motifs is 1. The second-order valence-corrected chi connectivity index (χ2v) is 6.47. The van der Waals surface area contributed by atoms with E-state index in [1.165, 1.54) is 0 Å². The second kappa shape index (κ2) is 11.3. The number of carbonyl (C=O) groups is 1. The molecule has 1 aromatic heterocycles. The number of halogens is 1. The Balaban J connectivity index is 0.00000280. The Bertz CT molecular complexity index is 887. The van der Waals surface area contributed by atoms with E-state index in [4.69, 9.17) is 10.5 Å². The average molecular weight is 400 g/mol. The molecule has 0 aliphatic heterocycles. The summed E-state index contributed by atoms with van der Waals surface area (Å²) in [6.07, 6.45) is 4.94. The Morgan fingerprint density at radius 2 is 1.86 bits per heavy atom. The maximum atomic E-state index is 12.3. The van der Waals surface area contributed by atoms with Crippen LogP contribution < -0.4 is 15.8 Å². The SMILES string of the molecule is Cl.NCCCCCC(=O)Nc1cc(OCc2ccccc2)cc2cccnc12. The highest BCUT2D eigenvalue weighted by molar-refractivity contribution is 6.01. The molecule has 0 radical (unpaired) electrons. The van der Waals surface area contributed by atoms with Crippen molar-refractivity contribution < 1.29 is 9.53 Å². The molecule has 0 unspecified atom stereocenters. The van der Waals surface area contributed by atoms with Gasteiger partial charge in [0.25, 0.3) is 0 Å². The van der Waals surface area contributed by atoms with Crippen LogP contribution in [0.1, 0.15) is 31.2 Å². The number of aromatic nitrogens is 1. The largest absolute Gasteiger partial charge is 0.489 e. The number of unbranched alkanes of at least 4 members (excludes halogenated alkanes) is 2. The van der Waals surface area contributed by atoms with E-state index in [9.17, 15) is 4.79 Å². The molecule has 148 valence electrons. The van der Waals surface area contributed by atoms with Gasteiger partial charge in [0, 0.05) is 24.1 Å². The molecule has 0 saturated carbocycles. The summed E-state index contributed by atoms with van der Waals surface area (Å²) in [6.45, 7) is 1.13. The van der Waals surface area contributed by atoms with Crippen LogP contribution in [0.25, 0.3) is 10.9 Å². The number of nitrogens with one attached hydrogen (secondary N) is 1. The van der Waals surface area contributed by atoms with Crippen molar-refractivity contribution in [1.82, 2.24) is 4.98 Å². The van der Waals surface area contributed by atoms with E-state index < -0.39 is 0 Å². The molecule has 3 N–H and O–H groups in total. The van der Waals surface area contributed by atoms with E-state index >= 15 is 0 Å². The molecular weight excluding hydrogens is 374 g/mol. The molecule has 2 aromatic carbocycles. The lowest BCUT2D eigenvalue weighted by atomic mass is 10.1. The molecule has 0 spiro atoms. The Hall–Kier alpha value is -2.63. The molecule has 0 aliphatic carbocycles. The summed E-state index contributed by atoms with van der Waals surface area (Å²) in [5.74, 6) is 0.692. The summed E-state index contributed by atoms with van der Waals surface area (Å²) in [7, 11) is 0. The highest BCUT2D eigenvalue weighted by atomic mass is 35.5. The van der Waals surface area contributed by atoms with Gasteiger partial charge in [-0.05, 0) is 37.1 Å². The Morgan fingerprint density at radius 3 is 2.64 bits per heavy atom. The summed E-state index contributed by atoms with van der Waals surface area (Å²) in [6, 6.07) is 17.6. The van der Waals surface area contributed by atoms with Gasteiger partial charge in [0.2, 0.25) is 5.91 Å². The van der Waals surface area contributed by atoms with Gasteiger partial charge in [0.1, 0.15) is 12.4 Å². The number of nitrogens with two attached hydrogens (primary N) is 1. The van der Waals surface area contributed by atoms with Gasteiger partial charge >= 0.3 is 0 Å². The van der Waals surface area contributed by atoms with Gasteiger partial charge in [-0.2, -0.15) is 0 Å². The van der Waals surface area contributed by atoms with E-state index in [-0.39, 0.29) is 18.3 Å². The molecule has 0 atom stereocenters. The minimum Gasteiger partial charge on any atom is -0.489 e. The van der Waals surface area contributed by atoms with Crippen molar-refractivity contribution in [2.24, 2.45) is 5.73 Å². The number of ether oxygens (including phenoxy) is 1. The third-order valence-electron chi connectivity index (χ3n) is 4.31. The molecule has 0 bridgehead atoms. The number of hydrogen-bond acceptors (Lipinski definition) is 4. The van der Waals surface area contributed by atoms with Crippen molar-refractivity contribution in [3.8, 4) is 5.75 Å². The molecule has 3 rings (SSSR count). The first-order valence-electron chi connectivity index (χ1n) is 9.31. The summed E-state index contributed by atoms with van der Waals surface area (Å²) < 4.78 is 5.94. The molecule has 1 amide bonds. The molecular formula is C22H26ClN3O2. The first-order valence-corrected chi connectivity index (χ1v) is 9.31. The zero-order valence-electron chi connectivity index (χ0n) is 15.8. The van der Waals surface area contributed by atoms with Gasteiger partial charge in [-0.15, -0.1) is 12.4 Å². The standard InChI is InChI=1S/C22H25N3O2.ClH/c23-12-6-2-5-11-21(26)25-20-15-19(14-18-10-7-13-24-22(18)20)27-16-17-8-3-1-4-9-17;/h1,3-4,7-10,13-15H,2,5-6,11-12,16,23H2,(H,25,26);1H. The van der Waals surface area contributed by atoms with Crippen LogP contribution in [-0.2, 0) is 11.4 Å². The average Bonchev–Trinajstić information content (AvgIpc) is 2.70. The first-order chi connectivity index (χ1) is 13.3. The monoisotopic (exact) mass is 399 g/mol. The van der Waals surface area contributed by atoms with Crippen LogP contribution >= 0.6 is 12.4 Å². The zero-order valence-corrected chi connectivity index (χ0v) is 16.6. The van der Waals surface area contributed by atoms with E-state index in [0.717, 1.165) is 35.7 Å². The summed E-state index contributed by atoms with van der Waals surface area (Å²) in [5.41, 5.74) is 8.03. The van der Waals surface area contributed by atoms with Crippen LogP contribution in [0, 0.1) is 0 Å². The lowest BCUT2D eigenvalue weighted by Gasteiger charge is -2.12. The zero-order chi connectivity index (χ0) is 18.9. The van der Waals surface area contributed by atoms with Gasteiger partial charge in [-0.3, -0.25) is 9.78 Å². The molecule has 0 aliphatic rings. The van der Waals surface area contributed by atoms with Crippen molar-refractivity contribution in [2.45, 2.75) is 32.3 Å². The van der Waals surface area contributed by atoms with E-state index in [0.29, 0.717) is 31.0 Å². The van der Waals surface area contributed by atoms with Crippen molar-refractivity contribution in [3.63, 3.8) is 0 Å². The fourth-order valence-corrected chi connectivity index (χ4v) is 2.90. The van der Waals surface area contributed by atoms with Crippen molar-refractivity contribution >= 4 is 34.9 Å². The second-order valence-electron chi connectivity index (χ2n) is 6.47. The summed E-state index contributed by atoms with van der Waals surface area (Å²) >= 11 is 0. The summed E-state index contributed by atoms with van der Waals surface area (Å²) in [5, 5.41) is 3.92.